The minimum absolute atomic E-state index is 1.18. The molecule has 138 valence electrons. The van der Waals surface area contributed by atoms with Crippen LogP contribution in [0.1, 0.15) is 35.1 Å². The van der Waals surface area contributed by atoms with Crippen LogP contribution in [0.2, 0.25) is 0 Å². The molecule has 5 rings (SSSR count). The van der Waals surface area contributed by atoms with Crippen LogP contribution < -0.4 is 4.90 Å². The molecule has 2 aliphatic carbocycles. The standard InChI is InChI=1S/C14H20N2.C9H9Br/c1-15-7-9-16(10-8-15)14-6-5-12-3-2-4-13(12)11-14;10-9-5-4-7-2-1-3-8(7)6-9/h5-6,11H,2-4,7-10H2,1H3;4-6H,1-3H2. The lowest BCUT2D eigenvalue weighted by molar-refractivity contribution is 0.313. The molecule has 0 radical (unpaired) electrons. The largest absolute Gasteiger partial charge is 0.369 e. The summed E-state index contributed by atoms with van der Waals surface area (Å²) in [5.74, 6) is 0. The minimum atomic E-state index is 1.18. The number of fused-ring (bicyclic) bond motifs is 2. The molecule has 0 bridgehead atoms. The van der Waals surface area contributed by atoms with Gasteiger partial charge in [0.25, 0.3) is 0 Å². The average Bonchev–Trinajstić information content (AvgIpc) is 3.30. The molecule has 0 aromatic heterocycles. The van der Waals surface area contributed by atoms with Crippen molar-refractivity contribution >= 4 is 21.6 Å². The fraction of sp³-hybridized carbons (Fsp3) is 0.478. The molecule has 3 aliphatic rings. The Balaban J connectivity index is 0.000000144. The molecule has 2 aromatic carbocycles. The monoisotopic (exact) mass is 412 g/mol. The topological polar surface area (TPSA) is 6.48 Å². The lowest BCUT2D eigenvalue weighted by Gasteiger charge is -2.34. The van der Waals surface area contributed by atoms with Gasteiger partial charge in [-0.05, 0) is 92.1 Å². The summed E-state index contributed by atoms with van der Waals surface area (Å²) in [5.41, 5.74) is 7.70. The lowest BCUT2D eigenvalue weighted by atomic mass is 10.1. The molecule has 3 heteroatoms. The minimum Gasteiger partial charge on any atom is -0.369 e. The number of rotatable bonds is 1. The van der Waals surface area contributed by atoms with Gasteiger partial charge in [0, 0.05) is 36.3 Å². The Morgan fingerprint density at radius 1 is 0.692 bits per heavy atom. The van der Waals surface area contributed by atoms with Crippen molar-refractivity contribution in [3.63, 3.8) is 0 Å². The van der Waals surface area contributed by atoms with Gasteiger partial charge in [-0.25, -0.2) is 0 Å². The summed E-state index contributed by atoms with van der Waals surface area (Å²) in [6, 6.07) is 13.7. The highest BCUT2D eigenvalue weighted by molar-refractivity contribution is 9.10. The van der Waals surface area contributed by atoms with Gasteiger partial charge in [-0.15, -0.1) is 0 Å². The third kappa shape index (κ3) is 4.15. The normalized spacial score (nSPS) is 18.9. The van der Waals surface area contributed by atoms with Crippen molar-refractivity contribution in [2.24, 2.45) is 0 Å². The van der Waals surface area contributed by atoms with Crippen molar-refractivity contribution in [2.45, 2.75) is 38.5 Å². The highest BCUT2D eigenvalue weighted by Crippen LogP contribution is 2.27. The van der Waals surface area contributed by atoms with Gasteiger partial charge in [0.2, 0.25) is 0 Å². The van der Waals surface area contributed by atoms with E-state index in [4.69, 9.17) is 0 Å². The van der Waals surface area contributed by atoms with Crippen LogP contribution in [-0.2, 0) is 25.7 Å². The Labute approximate surface area is 166 Å². The number of aryl methyl sites for hydroxylation is 4. The quantitative estimate of drug-likeness (QED) is 0.659. The maximum Gasteiger partial charge on any atom is 0.0370 e. The number of hydrogen-bond acceptors (Lipinski definition) is 2. The van der Waals surface area contributed by atoms with Crippen LogP contribution in [0.25, 0.3) is 0 Å². The molecule has 0 atom stereocenters. The number of anilines is 1. The predicted molar refractivity (Wildman–Crippen MR) is 114 cm³/mol. The summed E-state index contributed by atoms with van der Waals surface area (Å²) in [4.78, 5) is 4.93. The van der Waals surface area contributed by atoms with Crippen LogP contribution >= 0.6 is 15.9 Å². The number of benzene rings is 2. The molecular weight excluding hydrogens is 384 g/mol. The number of likely N-dealkylation sites (N-methyl/N-ethyl adjacent to an activating group) is 1. The molecule has 1 heterocycles. The summed E-state index contributed by atoms with van der Waals surface area (Å²) >= 11 is 3.46. The van der Waals surface area contributed by atoms with Crippen molar-refractivity contribution < 1.29 is 0 Å². The Morgan fingerprint density at radius 3 is 1.96 bits per heavy atom. The van der Waals surface area contributed by atoms with Gasteiger partial charge in [0.05, 0.1) is 0 Å². The Bertz CT molecular complexity index is 763. The second kappa shape index (κ2) is 8.14. The first kappa shape index (κ1) is 18.1. The van der Waals surface area contributed by atoms with Crippen molar-refractivity contribution in [1.82, 2.24) is 4.90 Å². The van der Waals surface area contributed by atoms with Crippen LogP contribution in [0.4, 0.5) is 5.69 Å². The van der Waals surface area contributed by atoms with E-state index in [-0.39, 0.29) is 0 Å². The van der Waals surface area contributed by atoms with Gasteiger partial charge < -0.3 is 9.80 Å². The zero-order chi connectivity index (χ0) is 17.9. The van der Waals surface area contributed by atoms with E-state index in [1.807, 2.05) is 0 Å². The molecule has 1 fully saturated rings. The van der Waals surface area contributed by atoms with Crippen LogP contribution in [0.15, 0.2) is 40.9 Å². The molecule has 1 saturated heterocycles. The van der Waals surface area contributed by atoms with Crippen molar-refractivity contribution in [2.75, 3.05) is 38.1 Å². The Morgan fingerprint density at radius 2 is 1.27 bits per heavy atom. The highest BCUT2D eigenvalue weighted by Gasteiger charge is 2.17. The predicted octanol–water partition coefficient (Wildman–Crippen LogP) is 4.86. The van der Waals surface area contributed by atoms with Crippen LogP contribution in [0, 0.1) is 0 Å². The Kier molecular flexibility index (Phi) is 5.66. The Hall–Kier alpha value is -1.32. The molecule has 2 nitrogen and oxygen atoms in total. The van der Waals surface area contributed by atoms with Gasteiger partial charge in [0.15, 0.2) is 0 Å². The molecule has 0 spiro atoms. The first-order valence-corrected chi connectivity index (χ1v) is 10.8. The maximum absolute atomic E-state index is 3.46. The summed E-state index contributed by atoms with van der Waals surface area (Å²) in [7, 11) is 2.21. The highest BCUT2D eigenvalue weighted by atomic mass is 79.9. The number of hydrogen-bond donors (Lipinski definition) is 0. The van der Waals surface area contributed by atoms with E-state index < -0.39 is 0 Å². The summed E-state index contributed by atoms with van der Waals surface area (Å²) < 4.78 is 1.22. The van der Waals surface area contributed by atoms with E-state index in [2.05, 4.69) is 69.2 Å². The SMILES string of the molecule is Brc1ccc2c(c1)CCC2.CN1CCN(c2ccc3c(c2)CCC3)CC1. The van der Waals surface area contributed by atoms with E-state index in [0.29, 0.717) is 0 Å². The van der Waals surface area contributed by atoms with E-state index in [0.717, 1.165) is 0 Å². The molecular formula is C23H29BrN2. The summed E-state index contributed by atoms with van der Waals surface area (Å²) in [6.07, 6.45) is 7.82. The van der Waals surface area contributed by atoms with Gasteiger partial charge in [-0.3, -0.25) is 0 Å². The van der Waals surface area contributed by atoms with E-state index in [1.54, 1.807) is 16.7 Å². The van der Waals surface area contributed by atoms with Gasteiger partial charge >= 0.3 is 0 Å². The van der Waals surface area contributed by atoms with Gasteiger partial charge in [-0.1, -0.05) is 28.1 Å². The zero-order valence-corrected chi connectivity index (χ0v) is 17.4. The molecule has 0 unspecified atom stereocenters. The lowest BCUT2D eigenvalue weighted by Crippen LogP contribution is -2.44. The molecule has 1 aliphatic heterocycles. The fourth-order valence-electron chi connectivity index (χ4n) is 4.36. The van der Waals surface area contributed by atoms with Gasteiger partial charge in [-0.2, -0.15) is 0 Å². The second-order valence-electron chi connectivity index (χ2n) is 7.86. The smallest absolute Gasteiger partial charge is 0.0370 e. The van der Waals surface area contributed by atoms with E-state index in [1.165, 1.54) is 80.4 Å². The fourth-order valence-corrected chi connectivity index (χ4v) is 4.77. The molecule has 26 heavy (non-hydrogen) atoms. The van der Waals surface area contributed by atoms with Crippen molar-refractivity contribution in [1.29, 1.82) is 0 Å². The molecule has 0 saturated carbocycles. The van der Waals surface area contributed by atoms with E-state index >= 15 is 0 Å². The summed E-state index contributed by atoms with van der Waals surface area (Å²) in [5, 5.41) is 0. The summed E-state index contributed by atoms with van der Waals surface area (Å²) in [6.45, 7) is 4.73. The van der Waals surface area contributed by atoms with Crippen molar-refractivity contribution in [3.05, 3.63) is 63.1 Å². The second-order valence-corrected chi connectivity index (χ2v) is 8.78. The van der Waals surface area contributed by atoms with Crippen LogP contribution in [0.5, 0.6) is 0 Å². The first-order valence-electron chi connectivity index (χ1n) is 10.0. The maximum atomic E-state index is 3.46. The number of nitrogens with zero attached hydrogens (tertiary/aromatic N) is 2. The first-order chi connectivity index (χ1) is 12.7. The third-order valence-electron chi connectivity index (χ3n) is 6.01. The zero-order valence-electron chi connectivity index (χ0n) is 15.8. The van der Waals surface area contributed by atoms with Crippen LogP contribution in [-0.4, -0.2) is 38.1 Å². The molecule has 2 aromatic rings. The van der Waals surface area contributed by atoms with Gasteiger partial charge in [0.1, 0.15) is 0 Å². The number of halogens is 1. The van der Waals surface area contributed by atoms with Crippen LogP contribution in [0.3, 0.4) is 0 Å². The molecule has 0 N–H and O–H groups in total. The molecule has 0 amide bonds. The number of piperazine rings is 1. The van der Waals surface area contributed by atoms with Crippen molar-refractivity contribution in [3.8, 4) is 0 Å². The van der Waals surface area contributed by atoms with E-state index in [9.17, 15) is 0 Å². The average molecular weight is 413 g/mol. The third-order valence-corrected chi connectivity index (χ3v) is 6.50.